The van der Waals surface area contributed by atoms with Gasteiger partial charge in [0.05, 0.1) is 0 Å². The van der Waals surface area contributed by atoms with E-state index in [1.54, 1.807) is 0 Å². The van der Waals surface area contributed by atoms with Crippen LogP contribution in [0.1, 0.15) is 27.7 Å². The molecule has 9 heavy (non-hydrogen) atoms. The molecule has 0 heteroatoms. The number of hydrogen-bond donors (Lipinski definition) is 0. The smallest absolute Gasteiger partial charge is 0.0190 e. The van der Waals surface area contributed by atoms with Gasteiger partial charge in [-0.05, 0) is 12.3 Å². The van der Waals surface area contributed by atoms with Gasteiger partial charge in [0, 0.05) is 11.1 Å². The number of hydrogen-bond acceptors (Lipinski definition) is 0. The lowest BCUT2D eigenvalue weighted by Crippen LogP contribution is -2.13. The number of rotatable bonds is 0. The van der Waals surface area contributed by atoms with Crippen LogP contribution in [0.4, 0.5) is 0 Å². The zero-order chi connectivity index (χ0) is 7.07. The standard InChI is InChI=1S/C9H12/c1-7-5-6-8(7)9(2,3)4/h1-4H3. The highest BCUT2D eigenvalue weighted by Gasteiger charge is 2.20. The van der Waals surface area contributed by atoms with Crippen molar-refractivity contribution in [2.24, 2.45) is 5.41 Å². The van der Waals surface area contributed by atoms with Gasteiger partial charge < -0.3 is 0 Å². The molecular formula is C9H12. The van der Waals surface area contributed by atoms with Gasteiger partial charge in [0.25, 0.3) is 0 Å². The van der Waals surface area contributed by atoms with Crippen LogP contribution < -0.4 is 0 Å². The molecule has 0 saturated heterocycles. The van der Waals surface area contributed by atoms with Crippen molar-refractivity contribution in [1.82, 2.24) is 0 Å². The van der Waals surface area contributed by atoms with Crippen molar-refractivity contribution in [1.29, 1.82) is 0 Å². The van der Waals surface area contributed by atoms with E-state index in [0.717, 1.165) is 0 Å². The van der Waals surface area contributed by atoms with Crippen molar-refractivity contribution in [3.8, 4) is 11.8 Å². The molecule has 0 bridgehead atoms. The highest BCUT2D eigenvalue weighted by Crippen LogP contribution is 2.30. The molecule has 1 rings (SSSR count). The monoisotopic (exact) mass is 120 g/mol. The minimum absolute atomic E-state index is 0.273. The maximum absolute atomic E-state index is 3.06. The Morgan fingerprint density at radius 3 is 1.67 bits per heavy atom. The van der Waals surface area contributed by atoms with Crippen molar-refractivity contribution < 1.29 is 0 Å². The van der Waals surface area contributed by atoms with E-state index in [2.05, 4.69) is 39.5 Å². The first-order valence-electron chi connectivity index (χ1n) is 3.25. The van der Waals surface area contributed by atoms with E-state index in [1.807, 2.05) is 0 Å². The molecule has 0 N–H and O–H groups in total. The van der Waals surface area contributed by atoms with Crippen LogP contribution in [0, 0.1) is 17.3 Å². The fourth-order valence-corrected chi connectivity index (χ4v) is 1.00. The van der Waals surface area contributed by atoms with Crippen molar-refractivity contribution in [3.63, 3.8) is 0 Å². The maximum Gasteiger partial charge on any atom is 0.0190 e. The molecule has 0 fully saturated rings. The fraction of sp³-hybridized carbons (Fsp3) is 0.556. The van der Waals surface area contributed by atoms with E-state index in [9.17, 15) is 0 Å². The summed E-state index contributed by atoms with van der Waals surface area (Å²) in [4.78, 5) is 0. The summed E-state index contributed by atoms with van der Waals surface area (Å²) in [7, 11) is 0. The van der Waals surface area contributed by atoms with Crippen LogP contribution in [0.3, 0.4) is 0 Å². The van der Waals surface area contributed by atoms with Crippen LogP contribution in [0.5, 0.6) is 0 Å². The van der Waals surface area contributed by atoms with Crippen LogP contribution >= 0.6 is 0 Å². The van der Waals surface area contributed by atoms with Gasteiger partial charge >= 0.3 is 0 Å². The zero-order valence-corrected chi connectivity index (χ0v) is 6.50. The Bertz CT molecular complexity index is 213. The molecular weight excluding hydrogens is 108 g/mol. The Morgan fingerprint density at radius 1 is 1.11 bits per heavy atom. The quantitative estimate of drug-likeness (QED) is 0.430. The van der Waals surface area contributed by atoms with Crippen molar-refractivity contribution >= 4 is 0 Å². The van der Waals surface area contributed by atoms with Gasteiger partial charge in [-0.2, -0.15) is 0 Å². The van der Waals surface area contributed by atoms with Crippen LogP contribution in [0.15, 0.2) is 11.1 Å². The van der Waals surface area contributed by atoms with Crippen molar-refractivity contribution in [3.05, 3.63) is 11.1 Å². The molecule has 0 aromatic carbocycles. The second-order valence-corrected chi connectivity index (χ2v) is 3.50. The first kappa shape index (κ1) is 6.42. The van der Waals surface area contributed by atoms with Crippen molar-refractivity contribution in [2.75, 3.05) is 0 Å². The lowest BCUT2D eigenvalue weighted by Gasteiger charge is -2.22. The lowest BCUT2D eigenvalue weighted by atomic mass is 9.80. The molecule has 0 aliphatic heterocycles. The zero-order valence-electron chi connectivity index (χ0n) is 6.50. The summed E-state index contributed by atoms with van der Waals surface area (Å²) >= 11 is 0. The van der Waals surface area contributed by atoms with E-state index in [4.69, 9.17) is 0 Å². The topological polar surface area (TPSA) is 0 Å². The predicted octanol–water partition coefficient (Wildman–Crippen LogP) is 2.37. The molecule has 1 aliphatic carbocycles. The third-order valence-corrected chi connectivity index (χ3v) is 1.50. The Morgan fingerprint density at radius 2 is 1.67 bits per heavy atom. The molecule has 0 aromatic rings. The normalized spacial score (nSPS) is 16.4. The summed E-state index contributed by atoms with van der Waals surface area (Å²) in [5, 5.41) is 0. The summed E-state index contributed by atoms with van der Waals surface area (Å²) in [5.74, 6) is 6.06. The van der Waals surface area contributed by atoms with E-state index in [-0.39, 0.29) is 5.41 Å². The predicted molar refractivity (Wildman–Crippen MR) is 39.9 cm³/mol. The third-order valence-electron chi connectivity index (χ3n) is 1.50. The average molecular weight is 120 g/mol. The fourth-order valence-electron chi connectivity index (χ4n) is 1.00. The molecule has 0 saturated carbocycles. The third kappa shape index (κ3) is 1.00. The Kier molecular flexibility index (Phi) is 1.17. The molecule has 0 unspecified atom stereocenters. The van der Waals surface area contributed by atoms with Crippen LogP contribution in [0.2, 0.25) is 0 Å². The van der Waals surface area contributed by atoms with Gasteiger partial charge in [0.15, 0.2) is 0 Å². The molecule has 0 amide bonds. The Balaban J connectivity index is 2.82. The second kappa shape index (κ2) is 1.64. The van der Waals surface area contributed by atoms with Crippen LogP contribution in [-0.2, 0) is 0 Å². The average Bonchev–Trinajstić information content (AvgIpc) is 1.57. The molecule has 0 spiro atoms. The van der Waals surface area contributed by atoms with Gasteiger partial charge in [0.2, 0.25) is 0 Å². The van der Waals surface area contributed by atoms with Gasteiger partial charge in [-0.25, -0.2) is 0 Å². The summed E-state index contributed by atoms with van der Waals surface area (Å²) in [5.41, 5.74) is 2.86. The number of allylic oxidation sites excluding steroid dienone is 2. The molecule has 0 heterocycles. The minimum atomic E-state index is 0.273. The van der Waals surface area contributed by atoms with Gasteiger partial charge in [0.1, 0.15) is 0 Å². The molecule has 48 valence electrons. The Hall–Kier alpha value is -0.700. The van der Waals surface area contributed by atoms with E-state index in [1.165, 1.54) is 11.1 Å². The largest absolute Gasteiger partial charge is 0.0657 e. The maximum atomic E-state index is 3.06. The summed E-state index contributed by atoms with van der Waals surface area (Å²) in [6, 6.07) is 0. The molecule has 0 aromatic heterocycles. The van der Waals surface area contributed by atoms with Crippen molar-refractivity contribution in [2.45, 2.75) is 27.7 Å². The Labute approximate surface area is 57.0 Å². The van der Waals surface area contributed by atoms with E-state index >= 15 is 0 Å². The lowest BCUT2D eigenvalue weighted by molar-refractivity contribution is 0.515. The van der Waals surface area contributed by atoms with E-state index in [0.29, 0.717) is 0 Å². The first-order valence-corrected chi connectivity index (χ1v) is 3.25. The minimum Gasteiger partial charge on any atom is -0.0657 e. The van der Waals surface area contributed by atoms with E-state index < -0.39 is 0 Å². The summed E-state index contributed by atoms with van der Waals surface area (Å²) < 4.78 is 0. The van der Waals surface area contributed by atoms with Gasteiger partial charge in [-0.15, -0.1) is 0 Å². The summed E-state index contributed by atoms with van der Waals surface area (Å²) in [6.45, 7) is 8.66. The first-order chi connectivity index (χ1) is 4.02. The molecule has 1 aliphatic rings. The molecule has 0 atom stereocenters. The highest BCUT2D eigenvalue weighted by molar-refractivity contribution is 5.55. The second-order valence-electron chi connectivity index (χ2n) is 3.50. The SMILES string of the molecule is CC1=C(C(C)(C)C)C#C1. The van der Waals surface area contributed by atoms with Gasteiger partial charge in [-0.1, -0.05) is 32.6 Å². The molecule has 0 nitrogen and oxygen atoms in total. The van der Waals surface area contributed by atoms with Gasteiger partial charge in [-0.3, -0.25) is 0 Å². The van der Waals surface area contributed by atoms with Crippen LogP contribution in [-0.4, -0.2) is 0 Å². The summed E-state index contributed by atoms with van der Waals surface area (Å²) in [6.07, 6.45) is 0. The molecule has 0 radical (unpaired) electrons. The van der Waals surface area contributed by atoms with Crippen LogP contribution in [0.25, 0.3) is 0 Å². The highest BCUT2D eigenvalue weighted by atomic mass is 14.2.